The molecule has 0 aliphatic rings. The molecule has 138 valence electrons. The number of anilines is 1. The molecule has 0 fully saturated rings. The van der Waals surface area contributed by atoms with Crippen molar-refractivity contribution >= 4 is 16.6 Å². The van der Waals surface area contributed by atoms with E-state index in [0.717, 1.165) is 50.8 Å². The number of aromatic nitrogens is 1. The van der Waals surface area contributed by atoms with Gasteiger partial charge in [-0.1, -0.05) is 39.5 Å². The van der Waals surface area contributed by atoms with Crippen LogP contribution in [0.1, 0.15) is 52.4 Å². The highest BCUT2D eigenvalue weighted by molar-refractivity contribution is 5.89. The maximum absolute atomic E-state index is 12.6. The summed E-state index contributed by atoms with van der Waals surface area (Å²) >= 11 is 0. The smallest absolute Gasteiger partial charge is 0.297 e. The van der Waals surface area contributed by atoms with Crippen molar-refractivity contribution in [3.8, 4) is 11.5 Å². The maximum Gasteiger partial charge on any atom is 0.297 e. The van der Waals surface area contributed by atoms with Crippen molar-refractivity contribution in [1.82, 2.24) is 4.57 Å². The Morgan fingerprint density at radius 1 is 1.12 bits per heavy atom. The Morgan fingerprint density at radius 2 is 1.88 bits per heavy atom. The molecule has 0 aliphatic heterocycles. The van der Waals surface area contributed by atoms with Gasteiger partial charge < -0.3 is 19.7 Å². The predicted octanol–water partition coefficient (Wildman–Crippen LogP) is 4.42. The first-order valence-electron chi connectivity index (χ1n) is 9.32. The van der Waals surface area contributed by atoms with Crippen molar-refractivity contribution in [2.75, 3.05) is 18.5 Å². The average molecular weight is 346 g/mol. The van der Waals surface area contributed by atoms with Crippen LogP contribution in [0.15, 0.2) is 23.0 Å². The van der Waals surface area contributed by atoms with Crippen LogP contribution >= 0.6 is 0 Å². The van der Waals surface area contributed by atoms with Crippen LogP contribution in [-0.2, 0) is 7.05 Å². The number of aromatic hydroxyl groups is 1. The van der Waals surface area contributed by atoms with Gasteiger partial charge in [-0.3, -0.25) is 4.79 Å². The van der Waals surface area contributed by atoms with Crippen LogP contribution in [0.25, 0.3) is 10.9 Å². The van der Waals surface area contributed by atoms with Crippen LogP contribution in [0.2, 0.25) is 0 Å². The number of ether oxygens (including phenoxy) is 1. The highest BCUT2D eigenvalue weighted by Gasteiger charge is 2.16. The van der Waals surface area contributed by atoms with Crippen molar-refractivity contribution in [3.63, 3.8) is 0 Å². The Bertz CT molecular complexity index is 753. The molecule has 25 heavy (non-hydrogen) atoms. The van der Waals surface area contributed by atoms with Crippen LogP contribution in [-0.4, -0.2) is 22.8 Å². The van der Waals surface area contributed by atoms with Crippen molar-refractivity contribution in [1.29, 1.82) is 0 Å². The molecule has 2 aromatic rings. The molecule has 2 rings (SSSR count). The zero-order valence-electron chi connectivity index (χ0n) is 15.6. The number of nitrogens with zero attached hydrogens (tertiary/aromatic N) is 1. The number of hydrogen-bond donors (Lipinski definition) is 2. The molecule has 1 aromatic carbocycles. The summed E-state index contributed by atoms with van der Waals surface area (Å²) in [5.74, 6) is -0.00751. The van der Waals surface area contributed by atoms with Gasteiger partial charge in [0.15, 0.2) is 5.75 Å². The number of benzene rings is 1. The molecule has 0 bridgehead atoms. The fraction of sp³-hybridized carbons (Fsp3) is 0.550. The summed E-state index contributed by atoms with van der Waals surface area (Å²) in [6, 6.07) is 5.66. The number of unbranched alkanes of at least 4 members (excludes halogenated alkanes) is 4. The third-order valence-corrected chi connectivity index (χ3v) is 4.43. The summed E-state index contributed by atoms with van der Waals surface area (Å²) < 4.78 is 7.16. The predicted molar refractivity (Wildman–Crippen MR) is 104 cm³/mol. The highest BCUT2D eigenvalue weighted by atomic mass is 16.5. The zero-order chi connectivity index (χ0) is 18.2. The number of fused-ring (bicyclic) bond motifs is 1. The monoisotopic (exact) mass is 346 g/mol. The number of nitrogens with one attached hydrogen (secondary N) is 1. The standard InChI is InChI=1S/C20H30N2O3/c1-4-6-8-9-13-25-19-18(23)16-11-10-15(21-12-7-5-2)14-17(16)22(3)20(19)24/h10-11,14,21,23H,4-9,12-13H2,1-3H3. The second-order valence-electron chi connectivity index (χ2n) is 6.46. The van der Waals surface area contributed by atoms with Crippen LogP contribution in [0.5, 0.6) is 11.5 Å². The first-order valence-corrected chi connectivity index (χ1v) is 9.32. The molecule has 0 amide bonds. The minimum atomic E-state index is -0.300. The molecule has 1 heterocycles. The lowest BCUT2D eigenvalue weighted by molar-refractivity contribution is 0.285. The summed E-state index contributed by atoms with van der Waals surface area (Å²) in [6.07, 6.45) is 6.47. The van der Waals surface area contributed by atoms with Gasteiger partial charge in [-0.2, -0.15) is 0 Å². The van der Waals surface area contributed by atoms with Crippen LogP contribution in [0.3, 0.4) is 0 Å². The first-order chi connectivity index (χ1) is 12.1. The summed E-state index contributed by atoms with van der Waals surface area (Å²) in [6.45, 7) is 5.64. The van der Waals surface area contributed by atoms with Crippen molar-refractivity contribution in [2.24, 2.45) is 7.05 Å². The van der Waals surface area contributed by atoms with E-state index in [2.05, 4.69) is 19.2 Å². The number of hydrogen-bond acceptors (Lipinski definition) is 4. The van der Waals surface area contributed by atoms with E-state index < -0.39 is 0 Å². The van der Waals surface area contributed by atoms with Crippen molar-refractivity contribution < 1.29 is 9.84 Å². The Labute approximate surface area is 149 Å². The zero-order valence-corrected chi connectivity index (χ0v) is 15.6. The van der Waals surface area contributed by atoms with E-state index in [1.54, 1.807) is 11.6 Å². The van der Waals surface area contributed by atoms with Crippen molar-refractivity contribution in [3.05, 3.63) is 28.6 Å². The molecular formula is C20H30N2O3. The minimum Gasteiger partial charge on any atom is -0.504 e. The van der Waals surface area contributed by atoms with Crippen LogP contribution < -0.4 is 15.6 Å². The molecule has 5 nitrogen and oxygen atoms in total. The summed E-state index contributed by atoms with van der Waals surface area (Å²) in [4.78, 5) is 12.6. The van der Waals surface area contributed by atoms with Gasteiger partial charge in [0.2, 0.25) is 5.75 Å². The fourth-order valence-corrected chi connectivity index (χ4v) is 2.85. The maximum atomic E-state index is 12.6. The SMILES string of the molecule is CCCCCCOc1c(O)c2ccc(NCCCC)cc2n(C)c1=O. The molecule has 0 radical (unpaired) electrons. The Hall–Kier alpha value is -2.17. The van der Waals surface area contributed by atoms with E-state index in [0.29, 0.717) is 17.5 Å². The summed E-state index contributed by atoms with van der Waals surface area (Å²) in [5.41, 5.74) is 1.34. The van der Waals surface area contributed by atoms with Gasteiger partial charge in [-0.25, -0.2) is 0 Å². The molecule has 0 saturated heterocycles. The molecule has 0 saturated carbocycles. The van der Waals surface area contributed by atoms with Gasteiger partial charge in [0.05, 0.1) is 12.1 Å². The molecule has 0 aliphatic carbocycles. The molecule has 5 heteroatoms. The van der Waals surface area contributed by atoms with E-state index >= 15 is 0 Å². The molecule has 0 unspecified atom stereocenters. The number of aryl methyl sites for hydroxylation is 1. The van der Waals surface area contributed by atoms with E-state index in [1.807, 2.05) is 18.2 Å². The normalized spacial score (nSPS) is 11.0. The molecule has 0 spiro atoms. The summed E-state index contributed by atoms with van der Waals surface area (Å²) in [5, 5.41) is 14.5. The third kappa shape index (κ3) is 4.68. The van der Waals surface area contributed by atoms with Gasteiger partial charge in [0, 0.05) is 24.7 Å². The lowest BCUT2D eigenvalue weighted by atomic mass is 10.1. The lowest BCUT2D eigenvalue weighted by Gasteiger charge is -2.14. The number of pyridine rings is 1. The van der Waals surface area contributed by atoms with E-state index in [4.69, 9.17) is 4.74 Å². The Balaban J connectivity index is 2.24. The van der Waals surface area contributed by atoms with Crippen LogP contribution in [0, 0.1) is 0 Å². The quantitative estimate of drug-likeness (QED) is 0.625. The first kappa shape index (κ1) is 19.2. The van der Waals surface area contributed by atoms with Crippen molar-refractivity contribution in [2.45, 2.75) is 52.4 Å². The number of rotatable bonds is 10. The molecular weight excluding hydrogens is 316 g/mol. The minimum absolute atomic E-state index is 0.0539. The van der Waals surface area contributed by atoms with E-state index in [9.17, 15) is 9.90 Å². The summed E-state index contributed by atoms with van der Waals surface area (Å²) in [7, 11) is 1.71. The van der Waals surface area contributed by atoms with Gasteiger partial charge >= 0.3 is 0 Å². The van der Waals surface area contributed by atoms with Gasteiger partial charge in [-0.05, 0) is 31.0 Å². The lowest BCUT2D eigenvalue weighted by Crippen LogP contribution is -2.20. The largest absolute Gasteiger partial charge is 0.504 e. The molecule has 2 N–H and O–H groups in total. The van der Waals surface area contributed by atoms with Gasteiger partial charge in [-0.15, -0.1) is 0 Å². The average Bonchev–Trinajstić information content (AvgIpc) is 2.62. The third-order valence-electron chi connectivity index (χ3n) is 4.43. The van der Waals surface area contributed by atoms with E-state index in [1.165, 1.54) is 0 Å². The van der Waals surface area contributed by atoms with Gasteiger partial charge in [0.25, 0.3) is 5.56 Å². The fourth-order valence-electron chi connectivity index (χ4n) is 2.85. The Kier molecular flexibility index (Phi) is 7.16. The van der Waals surface area contributed by atoms with Gasteiger partial charge in [0.1, 0.15) is 0 Å². The van der Waals surface area contributed by atoms with Crippen LogP contribution in [0.4, 0.5) is 5.69 Å². The molecule has 0 atom stereocenters. The van der Waals surface area contributed by atoms with E-state index in [-0.39, 0.29) is 17.1 Å². The highest BCUT2D eigenvalue weighted by Crippen LogP contribution is 2.32. The second-order valence-corrected chi connectivity index (χ2v) is 6.46. The Morgan fingerprint density at radius 3 is 2.60 bits per heavy atom. The molecule has 1 aromatic heterocycles. The topological polar surface area (TPSA) is 63.5 Å². The second kappa shape index (κ2) is 9.35.